The van der Waals surface area contributed by atoms with Crippen LogP contribution in [-0.4, -0.2) is 32.7 Å². The van der Waals surface area contributed by atoms with Gasteiger partial charge in [0.2, 0.25) is 5.89 Å². The maximum absolute atomic E-state index is 12.0. The number of aromatic nitrogens is 2. The Morgan fingerprint density at radius 3 is 2.66 bits per heavy atom. The second-order valence-electron chi connectivity index (χ2n) is 7.21. The molecule has 2 heterocycles. The van der Waals surface area contributed by atoms with Crippen molar-refractivity contribution in [2.45, 2.75) is 32.4 Å². The molecule has 0 N–H and O–H groups in total. The van der Waals surface area contributed by atoms with Gasteiger partial charge in [0.05, 0.1) is 4.92 Å². The van der Waals surface area contributed by atoms with Gasteiger partial charge in [-0.15, -0.1) is 5.10 Å². The van der Waals surface area contributed by atoms with Crippen LogP contribution in [0.3, 0.4) is 0 Å². The number of nitro benzene ring substituents is 1. The molecule has 0 spiro atoms. The third kappa shape index (κ3) is 4.43. The molecule has 8 heteroatoms. The summed E-state index contributed by atoms with van der Waals surface area (Å²) in [5, 5.41) is 15.3. The van der Waals surface area contributed by atoms with Crippen molar-refractivity contribution in [1.29, 1.82) is 0 Å². The minimum Gasteiger partial charge on any atom is -0.388 e. The lowest BCUT2D eigenvalue weighted by molar-refractivity contribution is -0.385. The zero-order chi connectivity index (χ0) is 20.2. The lowest BCUT2D eigenvalue weighted by atomic mass is 9.99. The Hall–Kier alpha value is -3.26. The molecule has 3 aromatic rings. The van der Waals surface area contributed by atoms with E-state index in [2.05, 4.69) is 10.00 Å². The second kappa shape index (κ2) is 8.40. The molecule has 0 unspecified atom stereocenters. The minimum atomic E-state index is -0.442. The van der Waals surface area contributed by atoms with E-state index in [0.717, 1.165) is 50.0 Å². The van der Waals surface area contributed by atoms with E-state index in [0.29, 0.717) is 12.4 Å². The van der Waals surface area contributed by atoms with Crippen LogP contribution in [0, 0.1) is 10.1 Å². The minimum absolute atomic E-state index is 0.144. The number of nitrogens with zero attached hydrogens (tertiary/aromatic N) is 4. The number of nitro groups is 1. The molecule has 8 nitrogen and oxygen atoms in total. The van der Waals surface area contributed by atoms with Crippen LogP contribution in [0.1, 0.15) is 24.0 Å². The van der Waals surface area contributed by atoms with E-state index in [4.69, 9.17) is 4.42 Å². The van der Waals surface area contributed by atoms with Crippen molar-refractivity contribution in [2.75, 3.05) is 13.1 Å². The Bertz CT molecular complexity index is 1060. The zero-order valence-electron chi connectivity index (χ0n) is 16.0. The summed E-state index contributed by atoms with van der Waals surface area (Å²) in [4.78, 5) is 24.9. The van der Waals surface area contributed by atoms with Crippen LogP contribution in [-0.2, 0) is 19.5 Å². The highest BCUT2D eigenvalue weighted by Gasteiger charge is 2.19. The van der Waals surface area contributed by atoms with Gasteiger partial charge in [-0.05, 0) is 49.1 Å². The first-order valence-electron chi connectivity index (χ1n) is 9.72. The Kier molecular flexibility index (Phi) is 5.53. The van der Waals surface area contributed by atoms with E-state index in [1.54, 1.807) is 12.1 Å². The number of hydrogen-bond acceptors (Lipinski definition) is 6. The topological polar surface area (TPSA) is 94.4 Å². The van der Waals surface area contributed by atoms with Gasteiger partial charge in [0.1, 0.15) is 0 Å². The summed E-state index contributed by atoms with van der Waals surface area (Å²) in [6.07, 6.45) is 2.61. The molecular weight excluding hydrogens is 372 g/mol. The normalized spacial score (nSPS) is 13.9. The van der Waals surface area contributed by atoms with Gasteiger partial charge < -0.3 is 4.42 Å². The zero-order valence-corrected chi connectivity index (χ0v) is 16.0. The lowest BCUT2D eigenvalue weighted by Gasteiger charge is -2.28. The number of rotatable bonds is 7. The summed E-state index contributed by atoms with van der Waals surface area (Å²) in [7, 11) is 0. The fraction of sp³-hybridized carbons (Fsp3) is 0.333. The molecule has 150 valence electrons. The Morgan fingerprint density at radius 1 is 1.07 bits per heavy atom. The highest BCUT2D eigenvalue weighted by atomic mass is 16.6. The van der Waals surface area contributed by atoms with Gasteiger partial charge in [0.15, 0.2) is 0 Å². The van der Waals surface area contributed by atoms with Crippen molar-refractivity contribution in [3.8, 4) is 11.5 Å². The maximum atomic E-state index is 12.0. The van der Waals surface area contributed by atoms with Gasteiger partial charge in [0.25, 0.3) is 5.69 Å². The summed E-state index contributed by atoms with van der Waals surface area (Å²) in [5.41, 5.74) is 3.15. The summed E-state index contributed by atoms with van der Waals surface area (Å²) in [5.74, 6) is -0.104. The van der Waals surface area contributed by atoms with Crippen LogP contribution in [0.2, 0.25) is 0 Å². The largest absolute Gasteiger partial charge is 0.437 e. The van der Waals surface area contributed by atoms with Crippen LogP contribution in [0.25, 0.3) is 11.5 Å². The molecule has 0 amide bonds. The average molecular weight is 394 g/mol. The summed E-state index contributed by atoms with van der Waals surface area (Å²) >= 11 is 0. The Balaban J connectivity index is 1.29. The summed E-state index contributed by atoms with van der Waals surface area (Å²) in [6.45, 7) is 3.04. The van der Waals surface area contributed by atoms with E-state index in [-0.39, 0.29) is 10.6 Å². The van der Waals surface area contributed by atoms with Gasteiger partial charge in [0, 0.05) is 37.3 Å². The molecule has 0 aliphatic carbocycles. The summed E-state index contributed by atoms with van der Waals surface area (Å²) < 4.78 is 6.62. The van der Waals surface area contributed by atoms with E-state index in [1.807, 2.05) is 36.4 Å². The fourth-order valence-corrected chi connectivity index (χ4v) is 3.65. The number of non-ortho nitro benzene ring substituents is 1. The molecule has 29 heavy (non-hydrogen) atoms. The quantitative estimate of drug-likeness (QED) is 0.347. The van der Waals surface area contributed by atoms with Crippen molar-refractivity contribution in [3.05, 3.63) is 80.3 Å². The third-order valence-electron chi connectivity index (χ3n) is 5.21. The molecular formula is C21H22N4O4. The van der Waals surface area contributed by atoms with Crippen LogP contribution in [0.15, 0.2) is 57.7 Å². The number of fused-ring (bicyclic) bond motifs is 1. The average Bonchev–Trinajstić information content (AvgIpc) is 3.12. The van der Waals surface area contributed by atoms with Crippen LogP contribution in [0.4, 0.5) is 5.69 Å². The number of unbranched alkanes of at least 4 members (excludes halogenated alkanes) is 1. The van der Waals surface area contributed by atoms with Crippen molar-refractivity contribution >= 4 is 5.69 Å². The number of benzene rings is 2. The van der Waals surface area contributed by atoms with E-state index in [1.165, 1.54) is 10.2 Å². The SMILES string of the molecule is O=c1oc(-c2ccccc2)nn1CCCCN1CCc2ccc([N+](=O)[O-])cc2C1. The highest BCUT2D eigenvalue weighted by molar-refractivity contribution is 5.51. The molecule has 1 aliphatic heterocycles. The maximum Gasteiger partial charge on any atom is 0.437 e. The van der Waals surface area contributed by atoms with Gasteiger partial charge in [-0.2, -0.15) is 4.68 Å². The monoisotopic (exact) mass is 394 g/mol. The first-order valence-corrected chi connectivity index (χ1v) is 9.72. The molecule has 0 saturated heterocycles. The van der Waals surface area contributed by atoms with Gasteiger partial charge >= 0.3 is 5.76 Å². The molecule has 0 bridgehead atoms. The Morgan fingerprint density at radius 2 is 1.86 bits per heavy atom. The molecule has 2 aromatic carbocycles. The third-order valence-corrected chi connectivity index (χ3v) is 5.21. The predicted octanol–water partition coefficient (Wildman–Crippen LogP) is 3.25. The van der Waals surface area contributed by atoms with Gasteiger partial charge in [-0.3, -0.25) is 15.0 Å². The smallest absolute Gasteiger partial charge is 0.388 e. The summed E-state index contributed by atoms with van der Waals surface area (Å²) in [6, 6.07) is 14.5. The van der Waals surface area contributed by atoms with Crippen LogP contribution in [0.5, 0.6) is 0 Å². The van der Waals surface area contributed by atoms with E-state index >= 15 is 0 Å². The lowest BCUT2D eigenvalue weighted by Crippen LogP contribution is -2.31. The number of hydrogen-bond donors (Lipinski definition) is 0. The van der Waals surface area contributed by atoms with Crippen LogP contribution >= 0.6 is 0 Å². The van der Waals surface area contributed by atoms with Crippen LogP contribution < -0.4 is 5.76 Å². The van der Waals surface area contributed by atoms with Gasteiger partial charge in [-0.25, -0.2) is 4.79 Å². The second-order valence-corrected chi connectivity index (χ2v) is 7.21. The van der Waals surface area contributed by atoms with Gasteiger partial charge in [-0.1, -0.05) is 24.3 Å². The first-order chi connectivity index (χ1) is 14.1. The molecule has 0 atom stereocenters. The first kappa shape index (κ1) is 19.1. The highest BCUT2D eigenvalue weighted by Crippen LogP contribution is 2.24. The fourth-order valence-electron chi connectivity index (χ4n) is 3.65. The van der Waals surface area contributed by atoms with Crippen molar-refractivity contribution in [1.82, 2.24) is 14.7 Å². The molecule has 1 aromatic heterocycles. The molecule has 0 saturated carbocycles. The molecule has 1 aliphatic rings. The standard InChI is InChI=1S/C21H22N4O4/c26-21-24(22-20(29-21)17-6-2-1-3-7-17)12-5-4-11-23-13-10-16-8-9-19(25(27)28)14-18(16)15-23/h1-3,6-9,14H,4-5,10-13,15H2. The van der Waals surface area contributed by atoms with Crippen molar-refractivity contribution in [2.24, 2.45) is 0 Å². The molecule has 0 fully saturated rings. The predicted molar refractivity (Wildman–Crippen MR) is 108 cm³/mol. The molecule has 4 rings (SSSR count). The Labute approximate surface area is 167 Å². The van der Waals surface area contributed by atoms with Crippen molar-refractivity contribution < 1.29 is 9.34 Å². The van der Waals surface area contributed by atoms with E-state index < -0.39 is 5.76 Å². The van der Waals surface area contributed by atoms with E-state index in [9.17, 15) is 14.9 Å². The number of aryl methyl sites for hydroxylation is 1. The molecule has 0 radical (unpaired) electrons. The van der Waals surface area contributed by atoms with Crippen molar-refractivity contribution in [3.63, 3.8) is 0 Å².